The molecule has 0 aliphatic heterocycles. The minimum atomic E-state index is -0.158. The van der Waals surface area contributed by atoms with Gasteiger partial charge < -0.3 is 0 Å². The van der Waals surface area contributed by atoms with Gasteiger partial charge in [-0.25, -0.2) is 0 Å². The molecule has 0 aliphatic rings. The predicted octanol–water partition coefficient (Wildman–Crippen LogP) is 7.00. The Morgan fingerprint density at radius 3 is 2.24 bits per heavy atom. The molecular formula is C18H13Br2Cl. The quantitative estimate of drug-likeness (QED) is 0.389. The SMILES string of the molecule is Cc1cc(C(Cl)c2ccc(Br)c3ccccc23)ccc1Br. The molecule has 1 atom stereocenters. The lowest BCUT2D eigenvalue weighted by Gasteiger charge is -2.15. The van der Waals surface area contributed by atoms with Crippen LogP contribution < -0.4 is 0 Å². The zero-order valence-corrected chi connectivity index (χ0v) is 15.3. The van der Waals surface area contributed by atoms with Gasteiger partial charge in [0.25, 0.3) is 0 Å². The lowest BCUT2D eigenvalue weighted by molar-refractivity contribution is 1.14. The van der Waals surface area contributed by atoms with Crippen molar-refractivity contribution in [3.63, 3.8) is 0 Å². The van der Waals surface area contributed by atoms with Gasteiger partial charge in [0.15, 0.2) is 0 Å². The average molecular weight is 425 g/mol. The van der Waals surface area contributed by atoms with Gasteiger partial charge in [-0.05, 0) is 46.5 Å². The molecule has 3 rings (SSSR count). The summed E-state index contributed by atoms with van der Waals surface area (Å²) in [5.74, 6) is 0. The number of hydrogen-bond acceptors (Lipinski definition) is 0. The van der Waals surface area contributed by atoms with E-state index in [2.05, 4.69) is 87.3 Å². The van der Waals surface area contributed by atoms with Crippen molar-refractivity contribution in [3.05, 3.63) is 80.2 Å². The summed E-state index contributed by atoms with van der Waals surface area (Å²) in [7, 11) is 0. The van der Waals surface area contributed by atoms with E-state index in [0.29, 0.717) is 0 Å². The number of fused-ring (bicyclic) bond motifs is 1. The zero-order valence-electron chi connectivity index (χ0n) is 11.4. The van der Waals surface area contributed by atoms with Crippen LogP contribution in [0, 0.1) is 6.92 Å². The Morgan fingerprint density at radius 1 is 0.857 bits per heavy atom. The number of alkyl halides is 1. The Kier molecular flexibility index (Phi) is 4.39. The number of aryl methyl sites for hydroxylation is 1. The Labute approximate surface area is 146 Å². The van der Waals surface area contributed by atoms with E-state index in [0.717, 1.165) is 20.1 Å². The molecule has 3 aromatic carbocycles. The molecule has 21 heavy (non-hydrogen) atoms. The summed E-state index contributed by atoms with van der Waals surface area (Å²) >= 11 is 13.9. The van der Waals surface area contributed by atoms with Crippen LogP contribution in [0.25, 0.3) is 10.8 Å². The molecule has 0 saturated carbocycles. The largest absolute Gasteiger partial charge is 0.113 e. The van der Waals surface area contributed by atoms with Crippen LogP contribution in [-0.2, 0) is 0 Å². The normalized spacial score (nSPS) is 12.6. The molecule has 0 fully saturated rings. The summed E-state index contributed by atoms with van der Waals surface area (Å²) in [6.45, 7) is 2.08. The molecule has 1 unspecified atom stereocenters. The molecule has 0 aromatic heterocycles. The third-order valence-corrected chi connectivity index (χ3v) is 5.72. The number of hydrogen-bond donors (Lipinski definition) is 0. The first kappa shape index (κ1) is 15.1. The van der Waals surface area contributed by atoms with Gasteiger partial charge >= 0.3 is 0 Å². The predicted molar refractivity (Wildman–Crippen MR) is 98.2 cm³/mol. The molecule has 106 valence electrons. The number of halogens is 3. The minimum absolute atomic E-state index is 0.158. The second-order valence-electron chi connectivity index (χ2n) is 5.05. The van der Waals surface area contributed by atoms with Crippen LogP contribution in [0.15, 0.2) is 63.5 Å². The second-order valence-corrected chi connectivity index (χ2v) is 7.20. The monoisotopic (exact) mass is 422 g/mol. The molecule has 0 N–H and O–H groups in total. The van der Waals surface area contributed by atoms with Crippen molar-refractivity contribution < 1.29 is 0 Å². The Bertz CT molecular complexity index is 811. The van der Waals surface area contributed by atoms with Gasteiger partial charge in [0.1, 0.15) is 0 Å². The fourth-order valence-corrected chi connectivity index (χ4v) is 3.56. The summed E-state index contributed by atoms with van der Waals surface area (Å²) in [4.78, 5) is 0. The van der Waals surface area contributed by atoms with Crippen LogP contribution in [0.1, 0.15) is 22.1 Å². The number of benzene rings is 3. The fourth-order valence-electron chi connectivity index (χ4n) is 2.51. The van der Waals surface area contributed by atoms with Crippen LogP contribution in [0.5, 0.6) is 0 Å². The van der Waals surface area contributed by atoms with Gasteiger partial charge in [-0.15, -0.1) is 11.6 Å². The maximum atomic E-state index is 6.76. The third-order valence-electron chi connectivity index (χ3n) is 3.65. The lowest BCUT2D eigenvalue weighted by atomic mass is 9.97. The molecular weight excluding hydrogens is 411 g/mol. The van der Waals surface area contributed by atoms with E-state index in [1.807, 2.05) is 6.07 Å². The van der Waals surface area contributed by atoms with Crippen LogP contribution >= 0.6 is 43.5 Å². The maximum Gasteiger partial charge on any atom is 0.0841 e. The summed E-state index contributed by atoms with van der Waals surface area (Å²) in [5, 5.41) is 2.22. The highest BCUT2D eigenvalue weighted by Crippen LogP contribution is 2.37. The summed E-state index contributed by atoms with van der Waals surface area (Å²) in [6.07, 6.45) is 0. The molecule has 0 amide bonds. The van der Waals surface area contributed by atoms with Gasteiger partial charge in [0.05, 0.1) is 5.38 Å². The highest BCUT2D eigenvalue weighted by molar-refractivity contribution is 9.11. The van der Waals surface area contributed by atoms with Crippen molar-refractivity contribution in [1.29, 1.82) is 0 Å². The van der Waals surface area contributed by atoms with Crippen LogP contribution in [0.4, 0.5) is 0 Å². The van der Waals surface area contributed by atoms with Crippen molar-refractivity contribution in [2.45, 2.75) is 12.3 Å². The fraction of sp³-hybridized carbons (Fsp3) is 0.111. The molecule has 3 aromatic rings. The molecule has 0 saturated heterocycles. The van der Waals surface area contributed by atoms with Crippen LogP contribution in [-0.4, -0.2) is 0 Å². The molecule has 0 radical (unpaired) electrons. The van der Waals surface area contributed by atoms with E-state index in [9.17, 15) is 0 Å². The maximum absolute atomic E-state index is 6.76. The summed E-state index contributed by atoms with van der Waals surface area (Å²) in [6, 6.07) is 18.8. The first-order chi connectivity index (χ1) is 10.1. The average Bonchev–Trinajstić information content (AvgIpc) is 2.50. The van der Waals surface area contributed by atoms with Gasteiger partial charge in [-0.1, -0.05) is 74.3 Å². The van der Waals surface area contributed by atoms with Crippen molar-refractivity contribution in [2.75, 3.05) is 0 Å². The van der Waals surface area contributed by atoms with E-state index in [1.165, 1.54) is 16.3 Å². The lowest BCUT2D eigenvalue weighted by Crippen LogP contribution is -1.96. The molecule has 3 heteroatoms. The zero-order chi connectivity index (χ0) is 15.0. The standard InChI is InChI=1S/C18H13Br2Cl/c1-11-10-12(6-8-16(11)19)18(21)15-7-9-17(20)14-5-3-2-4-13(14)15/h2-10,18H,1H3. The second kappa shape index (κ2) is 6.12. The first-order valence-electron chi connectivity index (χ1n) is 6.65. The molecule has 0 nitrogen and oxygen atoms in total. The van der Waals surface area contributed by atoms with Gasteiger partial charge in [0, 0.05) is 8.95 Å². The van der Waals surface area contributed by atoms with Gasteiger partial charge in [-0.2, -0.15) is 0 Å². The Balaban J connectivity index is 2.15. The Hall–Kier alpha value is -0.830. The van der Waals surface area contributed by atoms with Crippen molar-refractivity contribution >= 4 is 54.2 Å². The van der Waals surface area contributed by atoms with Crippen molar-refractivity contribution in [1.82, 2.24) is 0 Å². The highest BCUT2D eigenvalue weighted by atomic mass is 79.9. The van der Waals surface area contributed by atoms with Crippen molar-refractivity contribution in [2.24, 2.45) is 0 Å². The van der Waals surface area contributed by atoms with Gasteiger partial charge in [0.2, 0.25) is 0 Å². The Morgan fingerprint density at radius 2 is 1.52 bits per heavy atom. The van der Waals surface area contributed by atoms with Crippen molar-refractivity contribution in [3.8, 4) is 0 Å². The molecule has 0 bridgehead atoms. The molecule has 0 heterocycles. The third kappa shape index (κ3) is 2.90. The highest BCUT2D eigenvalue weighted by Gasteiger charge is 2.15. The topological polar surface area (TPSA) is 0 Å². The summed E-state index contributed by atoms with van der Waals surface area (Å²) in [5.41, 5.74) is 3.45. The van der Waals surface area contributed by atoms with E-state index in [-0.39, 0.29) is 5.38 Å². The molecule has 0 spiro atoms. The van der Waals surface area contributed by atoms with Crippen LogP contribution in [0.3, 0.4) is 0 Å². The van der Waals surface area contributed by atoms with E-state index < -0.39 is 0 Å². The number of rotatable bonds is 2. The summed E-state index contributed by atoms with van der Waals surface area (Å²) < 4.78 is 2.20. The van der Waals surface area contributed by atoms with E-state index in [4.69, 9.17) is 11.6 Å². The smallest absolute Gasteiger partial charge is 0.0841 e. The van der Waals surface area contributed by atoms with Gasteiger partial charge in [-0.3, -0.25) is 0 Å². The van der Waals surface area contributed by atoms with Crippen LogP contribution in [0.2, 0.25) is 0 Å². The molecule has 0 aliphatic carbocycles. The first-order valence-corrected chi connectivity index (χ1v) is 8.67. The van der Waals surface area contributed by atoms with E-state index in [1.54, 1.807) is 0 Å². The minimum Gasteiger partial charge on any atom is -0.113 e. The van der Waals surface area contributed by atoms with E-state index >= 15 is 0 Å².